The van der Waals surface area contributed by atoms with Crippen LogP contribution < -0.4 is 54.0 Å². The number of ether oxygens (including phenoxy) is 1. The van der Waals surface area contributed by atoms with Gasteiger partial charge in [0.25, 0.3) is 5.91 Å². The third-order valence-electron chi connectivity index (χ3n) is 11.9. The largest absolute Gasteiger partial charge is 0.445 e. The number of alkyl carbamates (subject to hydrolysis) is 1. The van der Waals surface area contributed by atoms with Gasteiger partial charge < -0.3 is 63.6 Å². The summed E-state index contributed by atoms with van der Waals surface area (Å²) in [7, 11) is 0. The van der Waals surface area contributed by atoms with Crippen molar-refractivity contribution >= 4 is 76.5 Å². The van der Waals surface area contributed by atoms with Gasteiger partial charge in [-0.05, 0) is 92.5 Å². The summed E-state index contributed by atoms with van der Waals surface area (Å²) < 4.78 is 5.32. The maximum Gasteiger partial charge on any atom is 0.407 e. The predicted molar refractivity (Wildman–Crippen MR) is 272 cm³/mol. The number of nitrogens with two attached hydrogens (primary N) is 3. The number of amides is 8. The summed E-state index contributed by atoms with van der Waals surface area (Å²) in [6, 6.07) is 13.0. The van der Waals surface area contributed by atoms with E-state index in [1.807, 2.05) is 30.9 Å². The van der Waals surface area contributed by atoms with Crippen molar-refractivity contribution in [2.75, 3.05) is 61.3 Å². The van der Waals surface area contributed by atoms with Gasteiger partial charge in [0.05, 0.1) is 23.6 Å². The fourth-order valence-electron chi connectivity index (χ4n) is 7.91. The zero-order valence-electron chi connectivity index (χ0n) is 41.1. The van der Waals surface area contributed by atoms with E-state index in [2.05, 4.69) is 46.8 Å². The van der Waals surface area contributed by atoms with Crippen LogP contribution in [-0.4, -0.2) is 115 Å². The summed E-state index contributed by atoms with van der Waals surface area (Å²) in [5.41, 5.74) is 21.1. The zero-order chi connectivity index (χ0) is 51.5. The molecule has 2 aromatic carbocycles. The first kappa shape index (κ1) is 54.4. The molecule has 2 aliphatic heterocycles. The number of fused-ring (bicyclic) bond motifs is 1. The number of hydrogen-bond acceptors (Lipinski definition) is 13. The van der Waals surface area contributed by atoms with Crippen LogP contribution in [0.5, 0.6) is 0 Å². The number of pyridine rings is 1. The molecular formula is C50H69N13O8. The SMILES string of the molecule is CCCN(CCC)C(=O)C1=Cc2ccc(C(=O)Nc3ccc(N4CCC(C(=O)NCCNC(=O)OCc5ccc(NC(=O)[C@H](CCCNC(N)=O)NC(=O)C(N)C(C)C)cc5)CC4)nc3)cc2N=C(N)C1. The lowest BCUT2D eigenvalue weighted by Gasteiger charge is -2.32. The number of aromatic nitrogens is 1. The summed E-state index contributed by atoms with van der Waals surface area (Å²) in [5.74, 6) is -0.770. The summed E-state index contributed by atoms with van der Waals surface area (Å²) in [6.45, 7) is 10.8. The highest BCUT2D eigenvalue weighted by Gasteiger charge is 2.27. The lowest BCUT2D eigenvalue weighted by atomic mass is 9.96. The number of hydrogen-bond donors (Lipinski definition) is 9. The van der Waals surface area contributed by atoms with Crippen LogP contribution in [0.25, 0.3) is 6.08 Å². The molecular weight excluding hydrogens is 911 g/mol. The molecule has 3 heterocycles. The van der Waals surface area contributed by atoms with Crippen molar-refractivity contribution < 1.29 is 38.3 Å². The summed E-state index contributed by atoms with van der Waals surface area (Å²) >= 11 is 0. The van der Waals surface area contributed by atoms with Gasteiger partial charge in [-0.15, -0.1) is 0 Å². The molecule has 0 aliphatic carbocycles. The van der Waals surface area contributed by atoms with Gasteiger partial charge in [-0.2, -0.15) is 0 Å². The molecule has 382 valence electrons. The number of rotatable bonds is 23. The van der Waals surface area contributed by atoms with Crippen LogP contribution in [0, 0.1) is 11.8 Å². The molecule has 3 aromatic rings. The Hall–Kier alpha value is -7.55. The Kier molecular flexibility index (Phi) is 20.7. The van der Waals surface area contributed by atoms with Crippen LogP contribution in [-0.2, 0) is 30.5 Å². The molecule has 0 saturated carbocycles. The quantitative estimate of drug-likeness (QED) is 0.0612. The maximum atomic E-state index is 13.3. The average Bonchev–Trinajstić information content (AvgIpc) is 3.52. The number of piperidine rings is 1. The number of carbonyl (C=O) groups excluding carboxylic acids is 7. The van der Waals surface area contributed by atoms with E-state index in [4.69, 9.17) is 21.9 Å². The Morgan fingerprint density at radius 1 is 0.845 bits per heavy atom. The van der Waals surface area contributed by atoms with E-state index in [9.17, 15) is 33.6 Å². The fourth-order valence-corrected chi connectivity index (χ4v) is 7.91. The van der Waals surface area contributed by atoms with Crippen LogP contribution in [0.2, 0.25) is 0 Å². The minimum Gasteiger partial charge on any atom is -0.445 e. The second kappa shape index (κ2) is 27.0. The Morgan fingerprint density at radius 2 is 1.54 bits per heavy atom. The summed E-state index contributed by atoms with van der Waals surface area (Å²) in [4.78, 5) is 102. The lowest BCUT2D eigenvalue weighted by Crippen LogP contribution is -2.51. The van der Waals surface area contributed by atoms with Gasteiger partial charge in [-0.1, -0.05) is 45.9 Å². The van der Waals surface area contributed by atoms with E-state index in [1.165, 1.54) is 0 Å². The molecule has 5 rings (SSSR count). The molecule has 2 atom stereocenters. The third-order valence-corrected chi connectivity index (χ3v) is 11.9. The van der Waals surface area contributed by atoms with Gasteiger partial charge in [0, 0.05) is 80.5 Å². The van der Waals surface area contributed by atoms with Crippen molar-refractivity contribution in [3.63, 3.8) is 0 Å². The van der Waals surface area contributed by atoms with Crippen molar-refractivity contribution in [3.05, 3.63) is 83.1 Å². The Labute approximate surface area is 414 Å². The molecule has 12 N–H and O–H groups in total. The summed E-state index contributed by atoms with van der Waals surface area (Å²) in [6.07, 6.45) is 6.48. The van der Waals surface area contributed by atoms with E-state index in [1.54, 1.807) is 68.6 Å². The van der Waals surface area contributed by atoms with Crippen molar-refractivity contribution in [2.24, 2.45) is 34.0 Å². The number of primary amides is 1. The zero-order valence-corrected chi connectivity index (χ0v) is 41.1. The topological polar surface area (TPSA) is 311 Å². The second-order valence-corrected chi connectivity index (χ2v) is 17.9. The average molecular weight is 980 g/mol. The van der Waals surface area contributed by atoms with Gasteiger partial charge in [0.1, 0.15) is 24.3 Å². The smallest absolute Gasteiger partial charge is 0.407 e. The van der Waals surface area contributed by atoms with Gasteiger partial charge in [0.15, 0.2) is 0 Å². The van der Waals surface area contributed by atoms with Crippen molar-refractivity contribution in [3.8, 4) is 0 Å². The predicted octanol–water partition coefficient (Wildman–Crippen LogP) is 3.87. The summed E-state index contributed by atoms with van der Waals surface area (Å²) in [5, 5.41) is 16.3. The Balaban J connectivity index is 0.994. The number of aliphatic imine (C=N–C) groups is 1. The minimum absolute atomic E-state index is 0.0421. The molecule has 21 nitrogen and oxygen atoms in total. The van der Waals surface area contributed by atoms with Gasteiger partial charge in [-0.3, -0.25) is 24.0 Å². The molecule has 1 fully saturated rings. The second-order valence-electron chi connectivity index (χ2n) is 17.9. The highest BCUT2D eigenvalue weighted by atomic mass is 16.5. The number of nitrogens with zero attached hydrogens (tertiary/aromatic N) is 4. The number of benzene rings is 2. The molecule has 71 heavy (non-hydrogen) atoms. The van der Waals surface area contributed by atoms with Crippen LogP contribution >= 0.6 is 0 Å². The number of nitrogens with one attached hydrogen (secondary N) is 6. The number of anilines is 3. The highest BCUT2D eigenvalue weighted by Crippen LogP contribution is 2.29. The van der Waals surface area contributed by atoms with Crippen LogP contribution in [0.4, 0.5) is 32.5 Å². The lowest BCUT2D eigenvalue weighted by molar-refractivity contribution is -0.128. The van der Waals surface area contributed by atoms with Crippen LogP contribution in [0.1, 0.15) is 94.1 Å². The highest BCUT2D eigenvalue weighted by molar-refractivity contribution is 6.08. The first-order chi connectivity index (χ1) is 34.0. The van der Waals surface area contributed by atoms with E-state index in [0.29, 0.717) is 90.6 Å². The van der Waals surface area contributed by atoms with Gasteiger partial charge in [0.2, 0.25) is 23.6 Å². The molecule has 1 aromatic heterocycles. The number of amidine groups is 1. The molecule has 1 saturated heterocycles. The third kappa shape index (κ3) is 16.8. The van der Waals surface area contributed by atoms with E-state index < -0.39 is 36.0 Å². The molecule has 2 aliphatic rings. The first-order valence-corrected chi connectivity index (χ1v) is 24.2. The monoisotopic (exact) mass is 980 g/mol. The Bertz CT molecular complexity index is 2390. The van der Waals surface area contributed by atoms with Crippen molar-refractivity contribution in [1.82, 2.24) is 31.2 Å². The standard InChI is InChI=1S/C50H69N13O8/c1-5-22-63(23-6-2)48(68)36-26-34-11-12-35(27-40(34)60-41(51)28-36)45(65)59-38-15-16-42(57-29-38)62-24-17-33(18-25-62)44(64)54-20-21-56-50(70)71-30-32-9-13-37(14-10-32)58-46(66)39(8-7-19-55-49(53)69)61-47(67)43(52)31(3)4/h9-16,26-27,29,31,33,39,43H,5-8,17-25,28,30,52H2,1-4H3,(H2,51,60)(H,54,64)(H,56,70)(H,58,66)(H,59,65)(H,61,67)(H3,53,55,69)/t39-,43?/m0/s1. The molecule has 1 unspecified atom stereocenters. The van der Waals surface area contributed by atoms with Crippen LogP contribution in [0.3, 0.4) is 0 Å². The Morgan fingerprint density at radius 3 is 2.18 bits per heavy atom. The minimum atomic E-state index is -0.914. The maximum absolute atomic E-state index is 13.3. The van der Waals surface area contributed by atoms with Gasteiger partial charge >= 0.3 is 12.1 Å². The van der Waals surface area contributed by atoms with E-state index >= 15 is 0 Å². The van der Waals surface area contributed by atoms with E-state index in [-0.39, 0.29) is 68.6 Å². The number of urea groups is 1. The van der Waals surface area contributed by atoms with E-state index in [0.717, 1.165) is 18.7 Å². The molecule has 0 radical (unpaired) electrons. The van der Waals surface area contributed by atoms with Crippen molar-refractivity contribution in [1.29, 1.82) is 0 Å². The fraction of sp³-hybridized carbons (Fsp3) is 0.460. The normalized spacial score (nSPS) is 14.3. The van der Waals surface area contributed by atoms with Crippen molar-refractivity contribution in [2.45, 2.75) is 91.3 Å². The molecule has 8 amide bonds. The molecule has 21 heteroatoms. The first-order valence-electron chi connectivity index (χ1n) is 24.2. The van der Waals surface area contributed by atoms with Gasteiger partial charge in [-0.25, -0.2) is 19.6 Å². The van der Waals surface area contributed by atoms with Crippen LogP contribution in [0.15, 0.2) is 71.4 Å². The molecule has 0 bridgehead atoms. The number of carbonyl (C=O) groups is 7. The molecule has 0 spiro atoms.